The zero-order valence-corrected chi connectivity index (χ0v) is 24.2. The SMILES string of the molecule is Nc1cc2c(O)c(N=Nc3ccc(N=Nc4cccnc4)c4ccc(S(=O)(=O)O)cc34)c(S(=O)(=O)O)cc2cc1S(=O)(=O)O. The molecule has 226 valence electrons. The summed E-state index contributed by atoms with van der Waals surface area (Å²) in [5.74, 6) is -0.878. The number of phenols is 1. The number of hydrogen-bond acceptors (Lipinski definition) is 13. The van der Waals surface area contributed by atoms with Crippen LogP contribution in [0.15, 0.2) is 108 Å². The monoisotopic (exact) mass is 658 g/mol. The van der Waals surface area contributed by atoms with E-state index >= 15 is 0 Å². The summed E-state index contributed by atoms with van der Waals surface area (Å²) >= 11 is 0. The van der Waals surface area contributed by atoms with Gasteiger partial charge < -0.3 is 10.8 Å². The number of benzene rings is 4. The van der Waals surface area contributed by atoms with E-state index in [0.29, 0.717) is 5.69 Å². The average molecular weight is 659 g/mol. The maximum absolute atomic E-state index is 12.2. The second-order valence-electron chi connectivity index (χ2n) is 9.03. The van der Waals surface area contributed by atoms with Gasteiger partial charge in [-0.05, 0) is 60.0 Å². The van der Waals surface area contributed by atoms with Crippen LogP contribution in [0.25, 0.3) is 21.5 Å². The Bertz CT molecular complexity index is 2380. The summed E-state index contributed by atoms with van der Waals surface area (Å²) in [6, 6.07) is 12.0. The number of aromatic nitrogens is 1. The number of azo groups is 2. The molecule has 0 aliphatic rings. The fraction of sp³-hybridized carbons (Fsp3) is 0. The molecule has 0 aliphatic heterocycles. The summed E-state index contributed by atoms with van der Waals surface area (Å²) in [5.41, 5.74) is 5.00. The van der Waals surface area contributed by atoms with Crippen LogP contribution in [-0.2, 0) is 30.4 Å². The smallest absolute Gasteiger partial charge is 0.296 e. The molecular formula is C25H18N6O10S3. The summed E-state index contributed by atoms with van der Waals surface area (Å²) in [6.07, 6.45) is 2.99. The van der Waals surface area contributed by atoms with Gasteiger partial charge in [-0.15, -0.1) is 20.5 Å². The third-order valence-electron chi connectivity index (χ3n) is 6.15. The molecule has 4 aromatic carbocycles. The number of nitrogens with two attached hydrogens (primary N) is 1. The molecule has 0 spiro atoms. The van der Waals surface area contributed by atoms with E-state index in [1.165, 1.54) is 30.6 Å². The summed E-state index contributed by atoms with van der Waals surface area (Å²) in [5, 5.41) is 26.8. The molecule has 5 rings (SSSR count). The van der Waals surface area contributed by atoms with Gasteiger partial charge in [-0.1, -0.05) is 6.07 Å². The molecule has 1 heterocycles. The van der Waals surface area contributed by atoms with Gasteiger partial charge in [-0.3, -0.25) is 18.6 Å². The number of aromatic hydroxyl groups is 1. The molecule has 44 heavy (non-hydrogen) atoms. The van der Waals surface area contributed by atoms with Crippen molar-refractivity contribution in [2.24, 2.45) is 20.5 Å². The maximum atomic E-state index is 12.2. The lowest BCUT2D eigenvalue weighted by Crippen LogP contribution is -2.04. The molecule has 0 fully saturated rings. The van der Waals surface area contributed by atoms with Crippen LogP contribution < -0.4 is 5.73 Å². The molecule has 16 nitrogen and oxygen atoms in total. The highest BCUT2D eigenvalue weighted by atomic mass is 32.2. The molecule has 1 aromatic heterocycles. The highest BCUT2D eigenvalue weighted by molar-refractivity contribution is 7.86. The molecule has 19 heteroatoms. The molecule has 6 N–H and O–H groups in total. The van der Waals surface area contributed by atoms with Gasteiger partial charge in [0.05, 0.1) is 28.2 Å². The van der Waals surface area contributed by atoms with Crippen molar-refractivity contribution in [2.75, 3.05) is 5.73 Å². The van der Waals surface area contributed by atoms with Crippen LogP contribution in [-0.4, -0.2) is 49.0 Å². The first-order valence-electron chi connectivity index (χ1n) is 11.9. The van der Waals surface area contributed by atoms with Crippen molar-refractivity contribution in [1.29, 1.82) is 0 Å². The molecule has 0 amide bonds. The number of phenolic OH excluding ortho intramolecular Hbond substituents is 1. The molecule has 0 atom stereocenters. The van der Waals surface area contributed by atoms with E-state index in [-0.39, 0.29) is 32.9 Å². The molecule has 0 bridgehead atoms. The maximum Gasteiger partial charge on any atom is 0.296 e. The lowest BCUT2D eigenvalue weighted by Gasteiger charge is -2.11. The third kappa shape index (κ3) is 6.08. The van der Waals surface area contributed by atoms with E-state index in [1.54, 1.807) is 12.1 Å². The van der Waals surface area contributed by atoms with Crippen molar-refractivity contribution in [1.82, 2.24) is 4.98 Å². The standard InChI is InChI=1S/C25H18N6O10S3/c26-19-11-17-13(8-22(19)43(36,37)38)9-23(44(39,40)41)24(25(17)32)31-30-21-6-5-20(29-28-14-2-1-7-27-12-14)16-4-3-15(10-18(16)21)42(33,34)35/h1-12,32H,26H2,(H,33,34,35)(H,36,37,38)(H,39,40,41). The number of rotatable bonds is 7. The average Bonchev–Trinajstić information content (AvgIpc) is 2.94. The van der Waals surface area contributed by atoms with E-state index < -0.39 is 62.2 Å². The van der Waals surface area contributed by atoms with Gasteiger partial charge in [0, 0.05) is 22.4 Å². The summed E-state index contributed by atoms with van der Waals surface area (Å²) < 4.78 is 100. The number of nitrogen functional groups attached to an aromatic ring is 1. The first kappa shape index (κ1) is 30.5. The molecule has 0 saturated heterocycles. The lowest BCUT2D eigenvalue weighted by molar-refractivity contribution is 0.472. The number of anilines is 1. The van der Waals surface area contributed by atoms with Gasteiger partial charge in [0.1, 0.15) is 21.2 Å². The largest absolute Gasteiger partial charge is 0.505 e. The fourth-order valence-corrected chi connectivity index (χ4v) is 5.96. The Morgan fingerprint density at radius 1 is 0.659 bits per heavy atom. The van der Waals surface area contributed by atoms with Crippen LogP contribution in [0, 0.1) is 0 Å². The molecule has 0 aliphatic carbocycles. The highest BCUT2D eigenvalue weighted by Crippen LogP contribution is 2.44. The van der Waals surface area contributed by atoms with Crippen molar-refractivity contribution in [3.05, 3.63) is 73.1 Å². The quantitative estimate of drug-likeness (QED) is 0.0852. The van der Waals surface area contributed by atoms with E-state index in [4.69, 9.17) is 5.73 Å². The Kier molecular flexibility index (Phi) is 7.61. The van der Waals surface area contributed by atoms with Crippen molar-refractivity contribution >= 4 is 80.3 Å². The minimum atomic E-state index is -5.12. The zero-order valence-electron chi connectivity index (χ0n) is 21.7. The van der Waals surface area contributed by atoms with E-state index in [1.807, 2.05) is 0 Å². The van der Waals surface area contributed by atoms with Crippen LogP contribution in [0.4, 0.5) is 28.4 Å². The van der Waals surface area contributed by atoms with Gasteiger partial charge in [0.25, 0.3) is 30.4 Å². The van der Waals surface area contributed by atoms with E-state index in [9.17, 15) is 44.0 Å². The van der Waals surface area contributed by atoms with Crippen LogP contribution in [0.2, 0.25) is 0 Å². The van der Waals surface area contributed by atoms with E-state index in [2.05, 4.69) is 25.4 Å². The van der Waals surface area contributed by atoms with Gasteiger partial charge in [0.15, 0.2) is 5.75 Å². The summed E-state index contributed by atoms with van der Waals surface area (Å²) in [4.78, 5) is 1.66. The molecule has 0 saturated carbocycles. The Labute approximate surface area is 248 Å². The molecular weight excluding hydrogens is 641 g/mol. The topological polar surface area (TPSA) is 272 Å². The van der Waals surface area contributed by atoms with Crippen LogP contribution >= 0.6 is 0 Å². The predicted octanol–water partition coefficient (Wildman–Crippen LogP) is 5.25. The molecule has 5 aromatic rings. The van der Waals surface area contributed by atoms with Crippen molar-refractivity contribution in [2.45, 2.75) is 14.7 Å². The first-order chi connectivity index (χ1) is 20.5. The van der Waals surface area contributed by atoms with E-state index in [0.717, 1.165) is 30.3 Å². The number of hydrogen-bond donors (Lipinski definition) is 5. The number of fused-ring (bicyclic) bond motifs is 2. The Balaban J connectivity index is 1.72. The second kappa shape index (κ2) is 11.0. The number of nitrogens with zero attached hydrogens (tertiary/aromatic N) is 5. The minimum Gasteiger partial charge on any atom is -0.505 e. The third-order valence-corrected chi connectivity index (χ3v) is 8.78. The van der Waals surface area contributed by atoms with Crippen molar-refractivity contribution in [3.8, 4) is 5.75 Å². The summed E-state index contributed by atoms with van der Waals surface area (Å²) in [7, 11) is -14.6. The fourth-order valence-electron chi connectivity index (χ4n) is 4.17. The van der Waals surface area contributed by atoms with Gasteiger partial charge in [0.2, 0.25) is 0 Å². The predicted molar refractivity (Wildman–Crippen MR) is 156 cm³/mol. The van der Waals surface area contributed by atoms with Gasteiger partial charge >= 0.3 is 0 Å². The van der Waals surface area contributed by atoms with Crippen LogP contribution in [0.3, 0.4) is 0 Å². The normalized spacial score (nSPS) is 13.0. The Morgan fingerprint density at radius 3 is 1.91 bits per heavy atom. The Morgan fingerprint density at radius 2 is 1.30 bits per heavy atom. The Hall–Kier alpha value is -4.92. The lowest BCUT2D eigenvalue weighted by atomic mass is 10.1. The zero-order chi connectivity index (χ0) is 32.0. The summed E-state index contributed by atoms with van der Waals surface area (Å²) in [6.45, 7) is 0. The van der Waals surface area contributed by atoms with Gasteiger partial charge in [-0.2, -0.15) is 25.3 Å². The molecule has 0 radical (unpaired) electrons. The van der Waals surface area contributed by atoms with Gasteiger partial charge in [-0.25, -0.2) is 0 Å². The van der Waals surface area contributed by atoms with Crippen molar-refractivity contribution in [3.63, 3.8) is 0 Å². The van der Waals surface area contributed by atoms with Crippen LogP contribution in [0.1, 0.15) is 0 Å². The minimum absolute atomic E-state index is 0.0576. The second-order valence-corrected chi connectivity index (χ2v) is 13.2. The van der Waals surface area contributed by atoms with Crippen LogP contribution in [0.5, 0.6) is 5.75 Å². The highest BCUT2D eigenvalue weighted by Gasteiger charge is 2.25. The molecule has 0 unspecified atom stereocenters. The number of pyridine rings is 1. The van der Waals surface area contributed by atoms with Crippen molar-refractivity contribution < 1.29 is 44.0 Å². The first-order valence-corrected chi connectivity index (χ1v) is 16.2.